The van der Waals surface area contributed by atoms with Crippen LogP contribution >= 0.6 is 0 Å². The summed E-state index contributed by atoms with van der Waals surface area (Å²) in [6.45, 7) is 7.09. The number of halogens is 3. The van der Waals surface area contributed by atoms with Crippen LogP contribution in [0.15, 0.2) is 66.9 Å². The number of aromatic nitrogens is 3. The lowest BCUT2D eigenvalue weighted by atomic mass is 9.69. The lowest BCUT2D eigenvalue weighted by Crippen LogP contribution is -2.67. The number of pyridine rings is 1. The first-order valence-electron chi connectivity index (χ1n) is 13.5. The molecule has 214 valence electrons. The van der Waals surface area contributed by atoms with E-state index in [0.29, 0.717) is 42.2 Å². The van der Waals surface area contributed by atoms with Gasteiger partial charge in [-0.2, -0.15) is 13.2 Å². The zero-order valence-electron chi connectivity index (χ0n) is 22.9. The Morgan fingerprint density at radius 2 is 1.88 bits per heavy atom. The maximum atomic E-state index is 13.8. The molecule has 4 aromatic rings. The lowest BCUT2D eigenvalue weighted by Gasteiger charge is -2.47. The standard InChI is InChI=1S/C30H31F3N6O2/c1-28(2,3)29-15-21(17-36-29)38(25(29)27(40)41)26-22-10-9-19(30(31,32)33)13-23(22)39(37-26)20-11-12-34-24(14-20)35-16-18-7-5-4-6-8-18/h4-14,21,25,36H,15-17H2,1-3H3,(H,34,35)(H,40,41). The molecule has 2 bridgehead atoms. The predicted molar refractivity (Wildman–Crippen MR) is 150 cm³/mol. The molecule has 0 amide bonds. The van der Waals surface area contributed by atoms with Crippen molar-refractivity contribution in [3.63, 3.8) is 0 Å². The Kier molecular flexibility index (Phi) is 6.25. The molecule has 2 aromatic carbocycles. The predicted octanol–water partition coefficient (Wildman–Crippen LogP) is 5.47. The van der Waals surface area contributed by atoms with E-state index in [1.807, 2.05) is 51.1 Å². The molecule has 2 aliphatic rings. The Labute approximate surface area is 235 Å². The molecule has 11 heteroatoms. The lowest BCUT2D eigenvalue weighted by molar-refractivity contribution is -0.141. The van der Waals surface area contributed by atoms with Crippen molar-refractivity contribution < 1.29 is 23.1 Å². The van der Waals surface area contributed by atoms with Gasteiger partial charge in [-0.25, -0.2) is 14.5 Å². The zero-order chi connectivity index (χ0) is 29.2. The molecule has 3 unspecified atom stereocenters. The van der Waals surface area contributed by atoms with E-state index < -0.39 is 34.7 Å². The van der Waals surface area contributed by atoms with Crippen molar-refractivity contribution in [3.05, 3.63) is 78.0 Å². The van der Waals surface area contributed by atoms with Crippen LogP contribution in [0.2, 0.25) is 0 Å². The number of hydrogen-bond acceptors (Lipinski definition) is 6. The van der Waals surface area contributed by atoms with Gasteiger partial charge in [-0.15, -0.1) is 5.10 Å². The maximum Gasteiger partial charge on any atom is 0.416 e. The number of aliphatic carboxylic acids is 1. The van der Waals surface area contributed by atoms with Gasteiger partial charge in [-0.1, -0.05) is 51.1 Å². The maximum absolute atomic E-state index is 13.8. The van der Waals surface area contributed by atoms with Crippen LogP contribution in [-0.2, 0) is 17.5 Å². The second-order valence-corrected chi connectivity index (χ2v) is 11.8. The highest BCUT2D eigenvalue weighted by atomic mass is 19.4. The molecule has 2 aliphatic heterocycles. The van der Waals surface area contributed by atoms with Gasteiger partial charge in [0.2, 0.25) is 0 Å². The summed E-state index contributed by atoms with van der Waals surface area (Å²) in [6.07, 6.45) is -2.40. The van der Waals surface area contributed by atoms with E-state index in [1.54, 1.807) is 23.2 Å². The first-order valence-corrected chi connectivity index (χ1v) is 13.5. The van der Waals surface area contributed by atoms with Crippen molar-refractivity contribution in [2.24, 2.45) is 5.41 Å². The molecule has 3 atom stereocenters. The van der Waals surface area contributed by atoms with Crippen LogP contribution in [0.5, 0.6) is 0 Å². The number of rotatable bonds is 6. The minimum atomic E-state index is -4.55. The van der Waals surface area contributed by atoms with Gasteiger partial charge < -0.3 is 20.6 Å². The Bertz CT molecular complexity index is 1610. The Hall–Kier alpha value is -4.12. The highest BCUT2D eigenvalue weighted by Gasteiger charge is 2.65. The minimum Gasteiger partial charge on any atom is -0.480 e. The third kappa shape index (κ3) is 4.48. The molecule has 0 saturated carbocycles. The number of fused-ring (bicyclic) bond motifs is 3. The number of nitrogens with zero attached hydrogens (tertiary/aromatic N) is 4. The zero-order valence-corrected chi connectivity index (χ0v) is 22.9. The number of piperazine rings is 1. The number of carbonyl (C=O) groups is 1. The van der Waals surface area contributed by atoms with Crippen LogP contribution in [0.4, 0.5) is 24.8 Å². The first-order chi connectivity index (χ1) is 19.4. The van der Waals surface area contributed by atoms with Gasteiger partial charge >= 0.3 is 12.1 Å². The average molecular weight is 565 g/mol. The number of nitrogens with one attached hydrogen (secondary N) is 2. The van der Waals surface area contributed by atoms with Gasteiger partial charge in [0.25, 0.3) is 0 Å². The Morgan fingerprint density at radius 1 is 1.12 bits per heavy atom. The number of carboxylic acid groups (broad SMARTS) is 1. The molecule has 2 fully saturated rings. The number of carboxylic acids is 1. The summed E-state index contributed by atoms with van der Waals surface area (Å²) in [6, 6.07) is 15.5. The molecule has 0 spiro atoms. The summed E-state index contributed by atoms with van der Waals surface area (Å²) < 4.78 is 42.9. The summed E-state index contributed by atoms with van der Waals surface area (Å²) in [4.78, 5) is 19.0. The molecule has 3 N–H and O–H groups in total. The SMILES string of the molecule is CC(C)(C)C12CC(CN1)N(c1nn(-c3ccnc(NCc4ccccc4)c3)c3cc(C(F)(F)F)ccc13)C2C(=O)O. The van der Waals surface area contributed by atoms with Gasteiger partial charge in [0.05, 0.1) is 22.3 Å². The largest absolute Gasteiger partial charge is 0.480 e. The van der Waals surface area contributed by atoms with Gasteiger partial charge in [0.15, 0.2) is 5.82 Å². The number of benzene rings is 2. The molecule has 8 nitrogen and oxygen atoms in total. The van der Waals surface area contributed by atoms with Gasteiger partial charge in [-0.05, 0) is 41.7 Å². The molecular formula is C30H31F3N6O2. The van der Waals surface area contributed by atoms with Gasteiger partial charge in [0, 0.05) is 36.8 Å². The first kappa shape index (κ1) is 27.1. The summed E-state index contributed by atoms with van der Waals surface area (Å²) in [5.74, 6) is -0.113. The van der Waals surface area contributed by atoms with E-state index in [1.165, 1.54) is 10.7 Å². The summed E-state index contributed by atoms with van der Waals surface area (Å²) in [5.41, 5.74) is -0.139. The fourth-order valence-corrected chi connectivity index (χ4v) is 6.37. The van der Waals surface area contributed by atoms with Crippen LogP contribution < -0.4 is 15.5 Å². The average Bonchev–Trinajstić information content (AvgIpc) is 3.63. The monoisotopic (exact) mass is 564 g/mol. The number of anilines is 2. The minimum absolute atomic E-state index is 0.176. The highest BCUT2D eigenvalue weighted by molar-refractivity contribution is 5.95. The third-order valence-corrected chi connectivity index (χ3v) is 8.46. The molecule has 6 rings (SSSR count). The normalized spacial score (nSPS) is 22.4. The fraction of sp³-hybridized carbons (Fsp3) is 0.367. The van der Waals surface area contributed by atoms with Crippen molar-refractivity contribution in [2.45, 2.75) is 57.5 Å². The fourth-order valence-electron chi connectivity index (χ4n) is 6.37. The molecular weight excluding hydrogens is 533 g/mol. The van der Waals surface area contributed by atoms with E-state index in [9.17, 15) is 23.1 Å². The van der Waals surface area contributed by atoms with Crippen LogP contribution in [0.25, 0.3) is 16.6 Å². The van der Waals surface area contributed by atoms with Crippen LogP contribution in [0.1, 0.15) is 38.3 Å². The molecule has 0 radical (unpaired) electrons. The Morgan fingerprint density at radius 3 is 2.56 bits per heavy atom. The quantitative estimate of drug-likeness (QED) is 0.286. The van der Waals surface area contributed by atoms with Crippen LogP contribution in [0.3, 0.4) is 0 Å². The van der Waals surface area contributed by atoms with E-state index in [2.05, 4.69) is 15.6 Å². The summed E-state index contributed by atoms with van der Waals surface area (Å²) in [7, 11) is 0. The molecule has 4 heterocycles. The van der Waals surface area contributed by atoms with Gasteiger partial charge in [0.1, 0.15) is 11.9 Å². The number of hydrogen-bond donors (Lipinski definition) is 3. The smallest absolute Gasteiger partial charge is 0.416 e. The molecule has 2 aromatic heterocycles. The van der Waals surface area contributed by atoms with Crippen molar-refractivity contribution >= 4 is 28.5 Å². The second kappa shape index (κ2) is 9.47. The van der Waals surface area contributed by atoms with Crippen molar-refractivity contribution in [3.8, 4) is 5.69 Å². The van der Waals surface area contributed by atoms with Crippen molar-refractivity contribution in [1.29, 1.82) is 0 Å². The molecule has 0 aliphatic carbocycles. The van der Waals surface area contributed by atoms with Crippen molar-refractivity contribution in [1.82, 2.24) is 20.1 Å². The van der Waals surface area contributed by atoms with E-state index in [4.69, 9.17) is 5.10 Å². The Balaban J connectivity index is 1.47. The second-order valence-electron chi connectivity index (χ2n) is 11.8. The van der Waals surface area contributed by atoms with Crippen LogP contribution in [0, 0.1) is 5.41 Å². The van der Waals surface area contributed by atoms with E-state index in [-0.39, 0.29) is 11.6 Å². The topological polar surface area (TPSA) is 95.3 Å². The molecule has 2 saturated heterocycles. The molecule has 41 heavy (non-hydrogen) atoms. The summed E-state index contributed by atoms with van der Waals surface area (Å²) in [5, 5.41) is 22.4. The number of alkyl halides is 3. The highest BCUT2D eigenvalue weighted by Crippen LogP contribution is 2.51. The van der Waals surface area contributed by atoms with Gasteiger partial charge in [-0.3, -0.25) is 0 Å². The van der Waals surface area contributed by atoms with Crippen LogP contribution in [-0.4, -0.2) is 50.0 Å². The van der Waals surface area contributed by atoms with Crippen molar-refractivity contribution in [2.75, 3.05) is 16.8 Å². The van der Waals surface area contributed by atoms with E-state index >= 15 is 0 Å². The third-order valence-electron chi connectivity index (χ3n) is 8.46. The summed E-state index contributed by atoms with van der Waals surface area (Å²) >= 11 is 0. The van der Waals surface area contributed by atoms with E-state index in [0.717, 1.165) is 17.7 Å².